The molecular weight excluding hydrogens is 366 g/mol. The van der Waals surface area contributed by atoms with Crippen LogP contribution in [0.15, 0.2) is 33.9 Å². The molecule has 0 bridgehead atoms. The molecular formula is C19H23N3O6. The van der Waals surface area contributed by atoms with Crippen molar-refractivity contribution in [1.82, 2.24) is 9.55 Å². The van der Waals surface area contributed by atoms with E-state index < -0.39 is 35.2 Å². The monoisotopic (exact) mass is 389 g/mol. The molecule has 0 saturated carbocycles. The van der Waals surface area contributed by atoms with Gasteiger partial charge in [0.1, 0.15) is 17.1 Å². The van der Waals surface area contributed by atoms with Crippen LogP contribution in [0.5, 0.6) is 5.75 Å². The third-order valence-corrected chi connectivity index (χ3v) is 3.76. The molecule has 0 aliphatic rings. The Morgan fingerprint density at radius 2 is 1.82 bits per heavy atom. The lowest BCUT2D eigenvalue weighted by molar-refractivity contribution is 0.0474. The van der Waals surface area contributed by atoms with Crippen molar-refractivity contribution in [2.45, 2.75) is 39.8 Å². The number of nitrogens with zero attached hydrogens (tertiary/aromatic N) is 1. The molecule has 1 aromatic heterocycles. The zero-order valence-electron chi connectivity index (χ0n) is 16.0. The summed E-state index contributed by atoms with van der Waals surface area (Å²) in [5, 5.41) is 0. The summed E-state index contributed by atoms with van der Waals surface area (Å²) in [6.07, 6.45) is 0.574. The Balaban J connectivity index is 2.12. The van der Waals surface area contributed by atoms with Crippen LogP contribution < -0.4 is 21.7 Å². The minimum atomic E-state index is -0.911. The average molecular weight is 389 g/mol. The van der Waals surface area contributed by atoms with Gasteiger partial charge in [-0.3, -0.25) is 19.1 Å². The largest absolute Gasteiger partial charge is 0.491 e. The van der Waals surface area contributed by atoms with Gasteiger partial charge in [0.2, 0.25) is 5.78 Å². The van der Waals surface area contributed by atoms with Gasteiger partial charge in [-0.25, -0.2) is 9.59 Å². The molecule has 2 aromatic rings. The van der Waals surface area contributed by atoms with E-state index in [1.54, 1.807) is 12.1 Å². The molecule has 0 spiro atoms. The van der Waals surface area contributed by atoms with E-state index in [9.17, 15) is 19.2 Å². The molecule has 0 atom stereocenters. The zero-order chi connectivity index (χ0) is 20.8. The van der Waals surface area contributed by atoms with E-state index in [0.717, 1.165) is 4.57 Å². The predicted octanol–water partition coefficient (Wildman–Crippen LogP) is 1.36. The molecule has 0 unspecified atom stereocenters. The molecule has 28 heavy (non-hydrogen) atoms. The number of ketones is 1. The molecule has 1 heterocycles. The number of H-pyrrole nitrogens is 1. The van der Waals surface area contributed by atoms with Crippen LogP contribution in [0.4, 0.5) is 5.82 Å². The van der Waals surface area contributed by atoms with Gasteiger partial charge in [-0.2, -0.15) is 0 Å². The Hall–Kier alpha value is -3.36. The van der Waals surface area contributed by atoms with Gasteiger partial charge in [0.15, 0.2) is 6.61 Å². The van der Waals surface area contributed by atoms with Gasteiger partial charge in [-0.15, -0.1) is 0 Å². The van der Waals surface area contributed by atoms with Crippen molar-refractivity contribution in [3.05, 3.63) is 56.2 Å². The number of benzene rings is 1. The van der Waals surface area contributed by atoms with Crippen LogP contribution in [-0.4, -0.2) is 34.0 Å². The normalized spacial score (nSPS) is 10.7. The topological polar surface area (TPSA) is 133 Å². The van der Waals surface area contributed by atoms with Crippen molar-refractivity contribution < 1.29 is 19.1 Å². The summed E-state index contributed by atoms with van der Waals surface area (Å²) in [6.45, 7) is 5.14. The standard InChI is InChI=1S/C19H23N3O6/c1-4-9-22-16(20)15(17(24)21-19(22)26)14(23)10-27-18(25)12-5-7-13(8-6-12)28-11(2)3/h5-8,11H,4,9-10,20H2,1-3H3,(H,21,24,26). The molecule has 0 amide bonds. The molecule has 0 fully saturated rings. The molecule has 0 radical (unpaired) electrons. The van der Waals surface area contributed by atoms with Crippen LogP contribution in [0.1, 0.15) is 47.9 Å². The van der Waals surface area contributed by atoms with Crippen molar-refractivity contribution in [3.8, 4) is 5.75 Å². The van der Waals surface area contributed by atoms with Crippen molar-refractivity contribution in [1.29, 1.82) is 0 Å². The van der Waals surface area contributed by atoms with Crippen LogP contribution in [-0.2, 0) is 11.3 Å². The first-order chi connectivity index (χ1) is 13.2. The minimum absolute atomic E-state index is 0.00467. The molecule has 9 heteroatoms. The molecule has 1 aromatic carbocycles. The second-order valence-corrected chi connectivity index (χ2v) is 6.36. The number of carbonyl (C=O) groups excluding carboxylic acids is 2. The first kappa shape index (κ1) is 20.9. The quantitative estimate of drug-likeness (QED) is 0.514. The number of aromatic amines is 1. The fourth-order valence-electron chi connectivity index (χ4n) is 2.53. The van der Waals surface area contributed by atoms with Crippen LogP contribution in [0.3, 0.4) is 0 Å². The Labute approximate surface area is 161 Å². The number of ether oxygens (including phenoxy) is 2. The molecule has 2 rings (SSSR count). The van der Waals surface area contributed by atoms with E-state index in [1.807, 2.05) is 20.8 Å². The Bertz CT molecular complexity index is 973. The van der Waals surface area contributed by atoms with Gasteiger partial charge in [0.05, 0.1) is 11.7 Å². The van der Waals surface area contributed by atoms with Gasteiger partial charge < -0.3 is 15.2 Å². The highest BCUT2D eigenvalue weighted by molar-refractivity contribution is 6.02. The number of nitrogens with one attached hydrogen (secondary N) is 1. The van der Waals surface area contributed by atoms with Crippen LogP contribution in [0.25, 0.3) is 0 Å². The third kappa shape index (κ3) is 4.87. The predicted molar refractivity (Wildman–Crippen MR) is 103 cm³/mol. The van der Waals surface area contributed by atoms with Gasteiger partial charge in [-0.05, 0) is 44.5 Å². The first-order valence-electron chi connectivity index (χ1n) is 8.84. The maximum atomic E-state index is 12.4. The fourth-order valence-corrected chi connectivity index (χ4v) is 2.53. The third-order valence-electron chi connectivity index (χ3n) is 3.76. The van der Waals surface area contributed by atoms with E-state index in [4.69, 9.17) is 15.2 Å². The summed E-state index contributed by atoms with van der Waals surface area (Å²) >= 11 is 0. The Morgan fingerprint density at radius 1 is 1.18 bits per heavy atom. The number of esters is 1. The Kier molecular flexibility index (Phi) is 6.75. The molecule has 0 saturated heterocycles. The van der Waals surface area contributed by atoms with Crippen LogP contribution >= 0.6 is 0 Å². The molecule has 150 valence electrons. The molecule has 3 N–H and O–H groups in total. The highest BCUT2D eigenvalue weighted by Crippen LogP contribution is 2.15. The number of carbonyl (C=O) groups is 2. The fraction of sp³-hybridized carbons (Fsp3) is 0.368. The van der Waals surface area contributed by atoms with Gasteiger partial charge in [-0.1, -0.05) is 6.92 Å². The second kappa shape index (κ2) is 9.03. The number of rotatable bonds is 8. The highest BCUT2D eigenvalue weighted by atomic mass is 16.5. The lowest BCUT2D eigenvalue weighted by atomic mass is 10.2. The number of aromatic nitrogens is 2. The van der Waals surface area contributed by atoms with Crippen molar-refractivity contribution in [2.24, 2.45) is 0 Å². The summed E-state index contributed by atoms with van der Waals surface area (Å²) in [6, 6.07) is 6.24. The van der Waals surface area contributed by atoms with E-state index >= 15 is 0 Å². The number of nitrogens with two attached hydrogens (primary N) is 1. The highest BCUT2D eigenvalue weighted by Gasteiger charge is 2.21. The molecule has 9 nitrogen and oxygen atoms in total. The van der Waals surface area contributed by atoms with Crippen molar-refractivity contribution in [3.63, 3.8) is 0 Å². The minimum Gasteiger partial charge on any atom is -0.491 e. The summed E-state index contributed by atoms with van der Waals surface area (Å²) < 4.78 is 11.6. The maximum Gasteiger partial charge on any atom is 0.338 e. The smallest absolute Gasteiger partial charge is 0.338 e. The van der Waals surface area contributed by atoms with E-state index in [2.05, 4.69) is 4.98 Å². The van der Waals surface area contributed by atoms with Crippen LogP contribution in [0.2, 0.25) is 0 Å². The van der Waals surface area contributed by atoms with Gasteiger partial charge in [0, 0.05) is 6.54 Å². The van der Waals surface area contributed by atoms with Crippen LogP contribution in [0, 0.1) is 0 Å². The van der Waals surface area contributed by atoms with E-state index in [-0.39, 0.29) is 24.0 Å². The number of nitrogen functional groups attached to an aromatic ring is 1. The maximum absolute atomic E-state index is 12.4. The SMILES string of the molecule is CCCn1c(N)c(C(=O)COC(=O)c2ccc(OC(C)C)cc2)c(=O)[nH]c1=O. The van der Waals surface area contributed by atoms with Gasteiger partial charge in [0.25, 0.3) is 5.56 Å². The molecule has 0 aliphatic heterocycles. The summed E-state index contributed by atoms with van der Waals surface area (Å²) in [7, 11) is 0. The van der Waals surface area contributed by atoms with E-state index in [0.29, 0.717) is 12.2 Å². The van der Waals surface area contributed by atoms with Gasteiger partial charge >= 0.3 is 11.7 Å². The summed E-state index contributed by atoms with van der Waals surface area (Å²) in [4.78, 5) is 50.3. The number of anilines is 1. The number of hydrogen-bond acceptors (Lipinski definition) is 7. The Morgan fingerprint density at radius 3 is 2.39 bits per heavy atom. The zero-order valence-corrected chi connectivity index (χ0v) is 16.0. The lowest BCUT2D eigenvalue weighted by Crippen LogP contribution is -2.37. The average Bonchev–Trinajstić information content (AvgIpc) is 2.63. The number of Topliss-reactive ketones (excluding diaryl/α,β-unsaturated/α-hetero) is 1. The second-order valence-electron chi connectivity index (χ2n) is 6.36. The van der Waals surface area contributed by atoms with Crippen molar-refractivity contribution in [2.75, 3.05) is 12.3 Å². The first-order valence-corrected chi connectivity index (χ1v) is 8.84. The van der Waals surface area contributed by atoms with E-state index in [1.165, 1.54) is 12.1 Å². The van der Waals surface area contributed by atoms with Crippen molar-refractivity contribution >= 4 is 17.6 Å². The lowest BCUT2D eigenvalue weighted by Gasteiger charge is -2.11. The summed E-state index contributed by atoms with van der Waals surface area (Å²) in [5.41, 5.74) is 4.03. The summed E-state index contributed by atoms with van der Waals surface area (Å²) in [5.74, 6) is -1.18. The number of hydrogen-bond donors (Lipinski definition) is 2. The molecule has 0 aliphatic carbocycles.